The van der Waals surface area contributed by atoms with Crippen LogP contribution in [0.1, 0.15) is 78.5 Å². The molecular weight excluding hydrogens is 234 g/mol. The molecule has 1 aromatic heterocycles. The summed E-state index contributed by atoms with van der Waals surface area (Å²) < 4.78 is 0. The molecule has 0 spiro atoms. The molecule has 1 heterocycles. The highest BCUT2D eigenvalue weighted by Gasteiger charge is 2.34. The van der Waals surface area contributed by atoms with Gasteiger partial charge in [0.2, 0.25) is 5.95 Å². The summed E-state index contributed by atoms with van der Waals surface area (Å²) in [6, 6.07) is 0. The highest BCUT2D eigenvalue weighted by Crippen LogP contribution is 2.40. The first-order chi connectivity index (χ1) is 8.86. The van der Waals surface area contributed by atoms with Crippen LogP contribution >= 0.6 is 0 Å². The summed E-state index contributed by atoms with van der Waals surface area (Å²) in [5, 5.41) is 0. The lowest BCUT2D eigenvalue weighted by molar-refractivity contribution is 0.382. The highest BCUT2D eigenvalue weighted by atomic mass is 15.0. The van der Waals surface area contributed by atoms with Crippen molar-refractivity contribution < 1.29 is 0 Å². The Morgan fingerprint density at radius 2 is 1.42 bits per heavy atom. The zero-order valence-corrected chi connectivity index (χ0v) is 13.4. The van der Waals surface area contributed by atoms with Crippen molar-refractivity contribution in [3.63, 3.8) is 0 Å². The summed E-state index contributed by atoms with van der Waals surface area (Å²) in [6.07, 6.45) is 6.27. The predicted molar refractivity (Wildman–Crippen MR) is 82.3 cm³/mol. The Balaban J connectivity index is 3.50. The van der Waals surface area contributed by atoms with E-state index in [4.69, 9.17) is 5.73 Å². The van der Waals surface area contributed by atoms with Crippen molar-refractivity contribution in [1.29, 1.82) is 0 Å². The van der Waals surface area contributed by atoms with Gasteiger partial charge in [0.15, 0.2) is 0 Å². The molecule has 0 radical (unpaired) electrons. The van der Waals surface area contributed by atoms with E-state index in [0.29, 0.717) is 5.95 Å². The number of hydrogen-bond acceptors (Lipinski definition) is 3. The van der Waals surface area contributed by atoms with E-state index in [0.717, 1.165) is 31.4 Å². The SMILES string of the molecule is CCC(C)(CC)c1cnc(N)nc1C(C)(CC)CC. The van der Waals surface area contributed by atoms with Gasteiger partial charge < -0.3 is 5.73 Å². The maximum absolute atomic E-state index is 5.84. The molecule has 19 heavy (non-hydrogen) atoms. The zero-order chi connectivity index (χ0) is 14.7. The standard InChI is InChI=1S/C16H29N3/c1-7-15(5,8-2)12-11-18-14(17)19-13(12)16(6,9-3)10-4/h11H,7-10H2,1-6H3,(H2,17,18,19). The van der Waals surface area contributed by atoms with Crippen LogP contribution < -0.4 is 5.73 Å². The van der Waals surface area contributed by atoms with Crippen LogP contribution in [0.4, 0.5) is 5.95 Å². The quantitative estimate of drug-likeness (QED) is 0.836. The highest BCUT2D eigenvalue weighted by molar-refractivity contribution is 5.36. The minimum Gasteiger partial charge on any atom is -0.368 e. The van der Waals surface area contributed by atoms with Crippen LogP contribution in [0.5, 0.6) is 0 Å². The molecule has 3 heteroatoms. The first-order valence-corrected chi connectivity index (χ1v) is 7.50. The van der Waals surface area contributed by atoms with Crippen LogP contribution in [0, 0.1) is 0 Å². The van der Waals surface area contributed by atoms with Crippen molar-refractivity contribution in [2.24, 2.45) is 0 Å². The third kappa shape index (κ3) is 2.90. The Labute approximate surface area is 118 Å². The maximum Gasteiger partial charge on any atom is 0.220 e. The second kappa shape index (κ2) is 5.89. The fourth-order valence-corrected chi connectivity index (χ4v) is 2.51. The van der Waals surface area contributed by atoms with Crippen molar-refractivity contribution in [3.8, 4) is 0 Å². The molecule has 1 aromatic rings. The monoisotopic (exact) mass is 263 g/mol. The average Bonchev–Trinajstić information content (AvgIpc) is 2.45. The molecule has 0 aromatic carbocycles. The molecule has 0 aliphatic rings. The van der Waals surface area contributed by atoms with Gasteiger partial charge in [0.1, 0.15) is 0 Å². The van der Waals surface area contributed by atoms with Crippen molar-refractivity contribution in [2.75, 3.05) is 5.73 Å². The Hall–Kier alpha value is -1.12. The number of rotatable bonds is 6. The summed E-state index contributed by atoms with van der Waals surface area (Å²) in [5.74, 6) is 0.390. The Morgan fingerprint density at radius 1 is 0.947 bits per heavy atom. The lowest BCUT2D eigenvalue weighted by atomic mass is 9.71. The number of hydrogen-bond donors (Lipinski definition) is 1. The van der Waals surface area contributed by atoms with E-state index in [9.17, 15) is 0 Å². The van der Waals surface area contributed by atoms with Crippen LogP contribution in [0.3, 0.4) is 0 Å². The molecular formula is C16H29N3. The van der Waals surface area contributed by atoms with Crippen molar-refractivity contribution in [2.45, 2.75) is 78.1 Å². The van der Waals surface area contributed by atoms with Gasteiger partial charge in [0, 0.05) is 11.6 Å². The minimum atomic E-state index is 0.0813. The number of nitrogens with zero attached hydrogens (tertiary/aromatic N) is 2. The van der Waals surface area contributed by atoms with Gasteiger partial charge in [-0.1, -0.05) is 41.5 Å². The maximum atomic E-state index is 5.84. The molecule has 0 saturated carbocycles. The van der Waals surface area contributed by atoms with Crippen molar-refractivity contribution in [1.82, 2.24) is 9.97 Å². The summed E-state index contributed by atoms with van der Waals surface area (Å²) >= 11 is 0. The fraction of sp³-hybridized carbons (Fsp3) is 0.750. The molecule has 1 rings (SSSR count). The molecule has 0 bridgehead atoms. The van der Waals surface area contributed by atoms with Crippen LogP contribution in [-0.2, 0) is 10.8 Å². The summed E-state index contributed by atoms with van der Waals surface area (Å²) in [7, 11) is 0. The Kier molecular flexibility index (Phi) is 4.94. The fourth-order valence-electron chi connectivity index (χ4n) is 2.51. The Bertz CT molecular complexity index is 418. The van der Waals surface area contributed by atoms with Crippen LogP contribution in [0.25, 0.3) is 0 Å². The van der Waals surface area contributed by atoms with E-state index in [1.165, 1.54) is 5.56 Å². The zero-order valence-electron chi connectivity index (χ0n) is 13.4. The number of aromatic nitrogens is 2. The van der Waals surface area contributed by atoms with Crippen LogP contribution in [0.15, 0.2) is 6.20 Å². The van der Waals surface area contributed by atoms with Gasteiger partial charge in [-0.3, -0.25) is 0 Å². The second-order valence-corrected chi connectivity index (χ2v) is 6.03. The van der Waals surface area contributed by atoms with E-state index in [2.05, 4.69) is 51.5 Å². The molecule has 3 nitrogen and oxygen atoms in total. The molecule has 0 amide bonds. The summed E-state index contributed by atoms with van der Waals surface area (Å²) in [4.78, 5) is 8.87. The van der Waals surface area contributed by atoms with E-state index >= 15 is 0 Å². The molecule has 2 N–H and O–H groups in total. The van der Waals surface area contributed by atoms with E-state index in [1.807, 2.05) is 6.20 Å². The van der Waals surface area contributed by atoms with Gasteiger partial charge in [0.25, 0.3) is 0 Å². The van der Waals surface area contributed by atoms with Crippen LogP contribution in [-0.4, -0.2) is 9.97 Å². The molecule has 108 valence electrons. The minimum absolute atomic E-state index is 0.0813. The van der Waals surface area contributed by atoms with E-state index < -0.39 is 0 Å². The molecule has 0 unspecified atom stereocenters. The third-order valence-electron chi connectivity index (χ3n) is 5.15. The van der Waals surface area contributed by atoms with E-state index in [-0.39, 0.29) is 10.8 Å². The van der Waals surface area contributed by atoms with Crippen LogP contribution in [0.2, 0.25) is 0 Å². The average molecular weight is 263 g/mol. The lowest BCUT2D eigenvalue weighted by Crippen LogP contribution is -2.31. The van der Waals surface area contributed by atoms with Crippen molar-refractivity contribution >= 4 is 5.95 Å². The lowest BCUT2D eigenvalue weighted by Gasteiger charge is -2.35. The smallest absolute Gasteiger partial charge is 0.220 e. The third-order valence-corrected chi connectivity index (χ3v) is 5.15. The van der Waals surface area contributed by atoms with Gasteiger partial charge in [-0.2, -0.15) is 0 Å². The largest absolute Gasteiger partial charge is 0.368 e. The second-order valence-electron chi connectivity index (χ2n) is 6.03. The summed E-state index contributed by atoms with van der Waals surface area (Å²) in [5.41, 5.74) is 8.48. The van der Waals surface area contributed by atoms with Gasteiger partial charge in [0.05, 0.1) is 5.69 Å². The predicted octanol–water partition coefficient (Wildman–Crippen LogP) is 4.21. The van der Waals surface area contributed by atoms with Gasteiger partial charge in [-0.25, -0.2) is 9.97 Å². The Morgan fingerprint density at radius 3 is 1.84 bits per heavy atom. The number of nitrogens with two attached hydrogens (primary N) is 1. The summed E-state index contributed by atoms with van der Waals surface area (Å²) in [6.45, 7) is 13.5. The molecule has 0 aliphatic carbocycles. The van der Waals surface area contributed by atoms with Gasteiger partial charge in [-0.15, -0.1) is 0 Å². The normalized spacial score (nSPS) is 12.7. The number of anilines is 1. The first-order valence-electron chi connectivity index (χ1n) is 7.50. The molecule has 0 atom stereocenters. The number of nitrogen functional groups attached to an aromatic ring is 1. The molecule has 0 aliphatic heterocycles. The topological polar surface area (TPSA) is 51.8 Å². The van der Waals surface area contributed by atoms with Crippen molar-refractivity contribution in [3.05, 3.63) is 17.5 Å². The first kappa shape index (κ1) is 15.9. The van der Waals surface area contributed by atoms with E-state index in [1.54, 1.807) is 0 Å². The van der Waals surface area contributed by atoms with Gasteiger partial charge in [-0.05, 0) is 36.7 Å². The molecule has 0 saturated heterocycles. The van der Waals surface area contributed by atoms with Gasteiger partial charge >= 0.3 is 0 Å². The molecule has 0 fully saturated rings.